The Morgan fingerprint density at radius 2 is 2.41 bits per heavy atom. The first-order valence-corrected chi connectivity index (χ1v) is 6.29. The van der Waals surface area contributed by atoms with E-state index in [-0.39, 0.29) is 12.0 Å². The van der Waals surface area contributed by atoms with E-state index in [2.05, 4.69) is 5.32 Å². The fourth-order valence-electron chi connectivity index (χ4n) is 1.99. The molecule has 3 unspecified atom stereocenters. The Kier molecular flexibility index (Phi) is 6.47. The lowest BCUT2D eigenvalue weighted by molar-refractivity contribution is -0.122. The number of rotatable bonds is 7. The van der Waals surface area contributed by atoms with Crippen molar-refractivity contribution < 1.29 is 14.3 Å². The van der Waals surface area contributed by atoms with Crippen LogP contribution in [0.2, 0.25) is 0 Å². The molecule has 5 nitrogen and oxygen atoms in total. The van der Waals surface area contributed by atoms with Crippen LogP contribution in [-0.2, 0) is 14.3 Å². The number of hydrogen-bond donors (Lipinski definition) is 2. The molecule has 1 saturated heterocycles. The Morgan fingerprint density at radius 1 is 1.65 bits per heavy atom. The quantitative estimate of drug-likeness (QED) is 0.631. The first-order valence-electron chi connectivity index (χ1n) is 6.29. The number of nitrogens with two attached hydrogens (primary N) is 1. The summed E-state index contributed by atoms with van der Waals surface area (Å²) in [5, 5.41) is 2.90. The van der Waals surface area contributed by atoms with Gasteiger partial charge in [-0.3, -0.25) is 4.79 Å². The Morgan fingerprint density at radius 3 is 3.00 bits per heavy atom. The number of carbonyl (C=O) groups excluding carboxylic acids is 1. The molecule has 1 amide bonds. The van der Waals surface area contributed by atoms with Crippen molar-refractivity contribution in [3.63, 3.8) is 0 Å². The molecule has 0 radical (unpaired) electrons. The number of hydrogen-bond acceptors (Lipinski definition) is 4. The van der Waals surface area contributed by atoms with E-state index in [1.807, 2.05) is 6.92 Å². The van der Waals surface area contributed by atoms with Gasteiger partial charge in [0.1, 0.15) is 0 Å². The first-order chi connectivity index (χ1) is 8.15. The summed E-state index contributed by atoms with van der Waals surface area (Å²) in [6.45, 7) is 4.15. The molecule has 0 saturated carbocycles. The van der Waals surface area contributed by atoms with Crippen LogP contribution in [0.25, 0.3) is 0 Å². The molecule has 0 bridgehead atoms. The number of ether oxygens (including phenoxy) is 2. The van der Waals surface area contributed by atoms with Crippen molar-refractivity contribution in [1.82, 2.24) is 5.32 Å². The average Bonchev–Trinajstić information content (AvgIpc) is 2.72. The molecule has 0 aromatic rings. The Labute approximate surface area is 103 Å². The summed E-state index contributed by atoms with van der Waals surface area (Å²) in [5.41, 5.74) is 5.78. The summed E-state index contributed by atoms with van der Waals surface area (Å²) in [4.78, 5) is 11.7. The van der Waals surface area contributed by atoms with Gasteiger partial charge < -0.3 is 20.5 Å². The molecular weight excluding hydrogens is 220 g/mol. The third kappa shape index (κ3) is 5.02. The van der Waals surface area contributed by atoms with Crippen molar-refractivity contribution in [2.24, 2.45) is 11.7 Å². The van der Waals surface area contributed by atoms with Gasteiger partial charge in [-0.15, -0.1) is 0 Å². The molecule has 0 aliphatic carbocycles. The lowest BCUT2D eigenvalue weighted by Gasteiger charge is -2.17. The Balaban J connectivity index is 2.15. The molecule has 3 atom stereocenters. The zero-order valence-electron chi connectivity index (χ0n) is 10.8. The third-order valence-electron chi connectivity index (χ3n) is 3.27. The molecule has 0 aromatic carbocycles. The number of nitrogens with one attached hydrogen (secondary N) is 1. The van der Waals surface area contributed by atoms with Gasteiger partial charge in [-0.1, -0.05) is 0 Å². The summed E-state index contributed by atoms with van der Waals surface area (Å²) < 4.78 is 10.4. The van der Waals surface area contributed by atoms with Crippen LogP contribution in [0.1, 0.15) is 26.2 Å². The summed E-state index contributed by atoms with van der Waals surface area (Å²) in [6, 6.07) is -0.428. The van der Waals surface area contributed by atoms with E-state index >= 15 is 0 Å². The first kappa shape index (κ1) is 14.4. The van der Waals surface area contributed by atoms with Crippen molar-refractivity contribution in [2.45, 2.75) is 38.3 Å². The van der Waals surface area contributed by atoms with E-state index in [0.29, 0.717) is 25.5 Å². The van der Waals surface area contributed by atoms with Crippen molar-refractivity contribution in [2.75, 3.05) is 26.9 Å². The molecule has 1 aliphatic heterocycles. The summed E-state index contributed by atoms with van der Waals surface area (Å²) in [5.74, 6) is 0.352. The molecular formula is C12H24N2O3. The maximum Gasteiger partial charge on any atom is 0.236 e. The van der Waals surface area contributed by atoms with E-state index in [0.717, 1.165) is 19.4 Å². The van der Waals surface area contributed by atoms with Crippen LogP contribution in [0.5, 0.6) is 0 Å². The minimum atomic E-state index is -0.428. The van der Waals surface area contributed by atoms with E-state index in [1.165, 1.54) is 0 Å². The minimum Gasteiger partial charge on any atom is -0.385 e. The van der Waals surface area contributed by atoms with E-state index in [4.69, 9.17) is 15.2 Å². The van der Waals surface area contributed by atoms with Gasteiger partial charge in [0.05, 0.1) is 12.1 Å². The maximum absolute atomic E-state index is 11.7. The van der Waals surface area contributed by atoms with Crippen LogP contribution < -0.4 is 11.1 Å². The predicted molar refractivity (Wildman–Crippen MR) is 65.6 cm³/mol. The molecule has 5 heteroatoms. The molecule has 1 rings (SSSR count). The molecule has 1 heterocycles. The number of amides is 1. The van der Waals surface area contributed by atoms with Gasteiger partial charge >= 0.3 is 0 Å². The molecule has 3 N–H and O–H groups in total. The van der Waals surface area contributed by atoms with Crippen LogP contribution in [0, 0.1) is 5.92 Å². The standard InChI is InChI=1S/C12H24N2O3/c1-9-10(5-7-17-9)8-14-12(15)11(13)4-3-6-16-2/h9-11H,3-8,13H2,1-2H3,(H,14,15). The highest BCUT2D eigenvalue weighted by Gasteiger charge is 2.25. The molecule has 17 heavy (non-hydrogen) atoms. The molecule has 0 aromatic heterocycles. The number of methoxy groups -OCH3 is 1. The van der Waals surface area contributed by atoms with Crippen LogP contribution in [0.3, 0.4) is 0 Å². The van der Waals surface area contributed by atoms with Gasteiger partial charge in [-0.05, 0) is 26.2 Å². The van der Waals surface area contributed by atoms with Gasteiger partial charge in [0.15, 0.2) is 0 Å². The van der Waals surface area contributed by atoms with Crippen LogP contribution >= 0.6 is 0 Å². The second-order valence-electron chi connectivity index (χ2n) is 4.61. The second-order valence-corrected chi connectivity index (χ2v) is 4.61. The fraction of sp³-hybridized carbons (Fsp3) is 0.917. The molecule has 100 valence electrons. The van der Waals surface area contributed by atoms with Crippen molar-refractivity contribution in [3.05, 3.63) is 0 Å². The van der Waals surface area contributed by atoms with Gasteiger partial charge in [0, 0.05) is 32.8 Å². The van der Waals surface area contributed by atoms with Crippen molar-refractivity contribution in [1.29, 1.82) is 0 Å². The normalized spacial score (nSPS) is 25.8. The lowest BCUT2D eigenvalue weighted by atomic mass is 10.0. The average molecular weight is 244 g/mol. The zero-order valence-corrected chi connectivity index (χ0v) is 10.8. The maximum atomic E-state index is 11.7. The van der Waals surface area contributed by atoms with E-state index < -0.39 is 6.04 Å². The molecule has 1 aliphatic rings. The van der Waals surface area contributed by atoms with Gasteiger partial charge in [0.2, 0.25) is 5.91 Å². The Hall–Kier alpha value is -0.650. The zero-order chi connectivity index (χ0) is 12.7. The van der Waals surface area contributed by atoms with Gasteiger partial charge in [-0.25, -0.2) is 0 Å². The van der Waals surface area contributed by atoms with Crippen molar-refractivity contribution >= 4 is 5.91 Å². The predicted octanol–water partition coefficient (Wildman–Crippen LogP) is 0.282. The van der Waals surface area contributed by atoms with E-state index in [9.17, 15) is 4.79 Å². The SMILES string of the molecule is COCCCC(N)C(=O)NCC1CCOC1C. The van der Waals surface area contributed by atoms with E-state index in [1.54, 1.807) is 7.11 Å². The van der Waals surface area contributed by atoms with Crippen LogP contribution in [0.4, 0.5) is 0 Å². The van der Waals surface area contributed by atoms with Crippen LogP contribution in [-0.4, -0.2) is 44.9 Å². The monoisotopic (exact) mass is 244 g/mol. The van der Waals surface area contributed by atoms with Crippen LogP contribution in [0.15, 0.2) is 0 Å². The summed E-state index contributed by atoms with van der Waals surface area (Å²) in [7, 11) is 1.65. The second kappa shape index (κ2) is 7.63. The highest BCUT2D eigenvalue weighted by molar-refractivity contribution is 5.81. The fourth-order valence-corrected chi connectivity index (χ4v) is 1.99. The summed E-state index contributed by atoms with van der Waals surface area (Å²) >= 11 is 0. The third-order valence-corrected chi connectivity index (χ3v) is 3.27. The topological polar surface area (TPSA) is 73.6 Å². The van der Waals surface area contributed by atoms with Crippen molar-refractivity contribution in [3.8, 4) is 0 Å². The molecule has 1 fully saturated rings. The smallest absolute Gasteiger partial charge is 0.236 e. The van der Waals surface area contributed by atoms with Gasteiger partial charge in [-0.2, -0.15) is 0 Å². The molecule has 0 spiro atoms. The lowest BCUT2D eigenvalue weighted by Crippen LogP contribution is -2.43. The Bertz CT molecular complexity index is 236. The number of carbonyl (C=O) groups is 1. The summed E-state index contributed by atoms with van der Waals surface area (Å²) in [6.07, 6.45) is 2.73. The largest absolute Gasteiger partial charge is 0.385 e. The van der Waals surface area contributed by atoms with Gasteiger partial charge in [0.25, 0.3) is 0 Å². The minimum absolute atomic E-state index is 0.0693. The highest BCUT2D eigenvalue weighted by atomic mass is 16.5. The highest BCUT2D eigenvalue weighted by Crippen LogP contribution is 2.19.